The lowest BCUT2D eigenvalue weighted by molar-refractivity contribution is 0.628. The molecule has 0 saturated carbocycles. The molecule has 0 aliphatic carbocycles. The molecule has 0 aliphatic rings. The van der Waals surface area contributed by atoms with E-state index in [4.69, 9.17) is 4.98 Å². The van der Waals surface area contributed by atoms with E-state index in [0.29, 0.717) is 0 Å². The van der Waals surface area contributed by atoms with Crippen molar-refractivity contribution in [2.75, 3.05) is 5.32 Å². The van der Waals surface area contributed by atoms with Gasteiger partial charge in [-0.3, -0.25) is 0 Å². The summed E-state index contributed by atoms with van der Waals surface area (Å²) in [5.41, 5.74) is 4.67. The number of fused-ring (bicyclic) bond motifs is 1. The van der Waals surface area contributed by atoms with Crippen LogP contribution in [0.1, 0.15) is 0 Å². The minimum Gasteiger partial charge on any atom is -0.355 e. The van der Waals surface area contributed by atoms with Gasteiger partial charge in [-0.25, -0.2) is 9.37 Å². The smallest absolute Gasteiger partial charge is 0.123 e. The van der Waals surface area contributed by atoms with Gasteiger partial charge in [-0.1, -0.05) is 48.5 Å². The predicted octanol–water partition coefficient (Wildman–Crippen LogP) is 5.78. The van der Waals surface area contributed by atoms with E-state index in [1.54, 1.807) is 12.1 Å². The molecule has 24 heavy (non-hydrogen) atoms. The molecule has 1 heterocycles. The number of rotatable bonds is 3. The Labute approximate surface area is 139 Å². The number of anilines is 2. The van der Waals surface area contributed by atoms with Crippen molar-refractivity contribution >= 4 is 22.3 Å². The number of benzene rings is 3. The molecule has 4 aromatic rings. The molecule has 0 spiro atoms. The van der Waals surface area contributed by atoms with E-state index in [9.17, 15) is 4.39 Å². The van der Waals surface area contributed by atoms with Crippen LogP contribution in [0.4, 0.5) is 15.8 Å². The fourth-order valence-corrected chi connectivity index (χ4v) is 2.72. The molecule has 3 heteroatoms. The Hall–Kier alpha value is -3.20. The zero-order valence-corrected chi connectivity index (χ0v) is 12.9. The Balaban J connectivity index is 1.85. The molecule has 1 aromatic heterocycles. The van der Waals surface area contributed by atoms with Gasteiger partial charge < -0.3 is 5.32 Å². The molecule has 1 N–H and O–H groups in total. The van der Waals surface area contributed by atoms with Crippen LogP contribution in [-0.4, -0.2) is 4.98 Å². The van der Waals surface area contributed by atoms with Gasteiger partial charge in [-0.2, -0.15) is 0 Å². The lowest BCUT2D eigenvalue weighted by Crippen LogP contribution is -1.95. The van der Waals surface area contributed by atoms with Crippen LogP contribution in [0.15, 0.2) is 84.9 Å². The number of nitrogens with zero attached hydrogens (tertiary/aromatic N) is 1. The first-order valence-corrected chi connectivity index (χ1v) is 7.77. The molecule has 4 rings (SSSR count). The highest BCUT2D eigenvalue weighted by atomic mass is 19.1. The molecule has 0 aliphatic heterocycles. The minimum absolute atomic E-state index is 0.245. The molecule has 0 atom stereocenters. The number of pyridine rings is 1. The summed E-state index contributed by atoms with van der Waals surface area (Å²) in [6, 6.07) is 26.4. The van der Waals surface area contributed by atoms with Gasteiger partial charge in [0, 0.05) is 16.6 Å². The lowest BCUT2D eigenvalue weighted by atomic mass is 10.1. The van der Waals surface area contributed by atoms with Crippen LogP contribution < -0.4 is 5.32 Å². The number of hydrogen-bond donors (Lipinski definition) is 1. The molecule has 116 valence electrons. The molecule has 3 aromatic carbocycles. The van der Waals surface area contributed by atoms with Crippen LogP contribution in [-0.2, 0) is 0 Å². The van der Waals surface area contributed by atoms with Crippen LogP contribution in [0.25, 0.3) is 22.2 Å². The third-order valence-electron chi connectivity index (χ3n) is 3.91. The van der Waals surface area contributed by atoms with Crippen LogP contribution >= 0.6 is 0 Å². The molecular weight excluding hydrogens is 299 g/mol. The van der Waals surface area contributed by atoms with Crippen molar-refractivity contribution < 1.29 is 4.39 Å². The van der Waals surface area contributed by atoms with Gasteiger partial charge in [0.05, 0.1) is 16.9 Å². The van der Waals surface area contributed by atoms with Crippen LogP contribution in [0.2, 0.25) is 0 Å². The Kier molecular flexibility index (Phi) is 3.67. The first kappa shape index (κ1) is 14.4. The average molecular weight is 314 g/mol. The lowest BCUT2D eigenvalue weighted by Gasteiger charge is -2.12. The molecule has 0 amide bonds. The minimum atomic E-state index is -0.245. The number of aromatic nitrogens is 1. The van der Waals surface area contributed by atoms with Crippen molar-refractivity contribution in [3.63, 3.8) is 0 Å². The quantitative estimate of drug-likeness (QED) is 0.518. The van der Waals surface area contributed by atoms with Gasteiger partial charge in [0.2, 0.25) is 0 Å². The molecule has 2 nitrogen and oxygen atoms in total. The molecule has 0 bridgehead atoms. The molecular formula is C21H15FN2. The van der Waals surface area contributed by atoms with Crippen molar-refractivity contribution in [2.24, 2.45) is 0 Å². The summed E-state index contributed by atoms with van der Waals surface area (Å²) in [6.07, 6.45) is 0. The van der Waals surface area contributed by atoms with Crippen molar-refractivity contribution in [2.45, 2.75) is 0 Å². The second-order valence-corrected chi connectivity index (χ2v) is 5.57. The number of hydrogen-bond acceptors (Lipinski definition) is 2. The summed E-state index contributed by atoms with van der Waals surface area (Å²) >= 11 is 0. The van der Waals surface area contributed by atoms with Gasteiger partial charge in [-0.15, -0.1) is 0 Å². The van der Waals surface area contributed by atoms with Crippen molar-refractivity contribution in [1.29, 1.82) is 0 Å². The van der Waals surface area contributed by atoms with Gasteiger partial charge in [0.15, 0.2) is 0 Å². The van der Waals surface area contributed by atoms with Gasteiger partial charge >= 0.3 is 0 Å². The SMILES string of the molecule is Fc1ccc(Nc2cc(-c3ccccc3)nc3ccccc23)cc1. The third kappa shape index (κ3) is 2.84. The number of halogens is 1. The summed E-state index contributed by atoms with van der Waals surface area (Å²) in [5.74, 6) is -0.245. The zero-order chi connectivity index (χ0) is 16.4. The fourth-order valence-electron chi connectivity index (χ4n) is 2.72. The van der Waals surface area contributed by atoms with Crippen molar-refractivity contribution in [1.82, 2.24) is 4.98 Å². The predicted molar refractivity (Wildman–Crippen MR) is 96.9 cm³/mol. The maximum absolute atomic E-state index is 13.1. The maximum Gasteiger partial charge on any atom is 0.123 e. The summed E-state index contributed by atoms with van der Waals surface area (Å²) in [7, 11) is 0. The first-order valence-electron chi connectivity index (χ1n) is 7.77. The highest BCUT2D eigenvalue weighted by molar-refractivity contribution is 5.95. The molecule has 0 fully saturated rings. The van der Waals surface area contributed by atoms with Gasteiger partial charge in [0.25, 0.3) is 0 Å². The van der Waals surface area contributed by atoms with Crippen LogP contribution in [0.5, 0.6) is 0 Å². The van der Waals surface area contributed by atoms with E-state index in [-0.39, 0.29) is 5.82 Å². The zero-order valence-electron chi connectivity index (χ0n) is 12.9. The van der Waals surface area contributed by atoms with Gasteiger partial charge in [-0.05, 0) is 36.4 Å². The highest BCUT2D eigenvalue weighted by Gasteiger charge is 2.07. The summed E-state index contributed by atoms with van der Waals surface area (Å²) in [5, 5.41) is 4.41. The summed E-state index contributed by atoms with van der Waals surface area (Å²) in [4.78, 5) is 4.76. The number of para-hydroxylation sites is 1. The normalized spacial score (nSPS) is 10.7. The standard InChI is InChI=1S/C21H15FN2/c22-16-10-12-17(13-11-16)23-21-14-20(15-6-2-1-3-7-15)24-19-9-5-4-8-18(19)21/h1-14H,(H,23,24). The number of nitrogens with one attached hydrogen (secondary N) is 1. The van der Waals surface area contributed by atoms with Gasteiger partial charge in [0.1, 0.15) is 5.82 Å². The Morgan fingerprint density at radius 3 is 2.25 bits per heavy atom. The maximum atomic E-state index is 13.1. The average Bonchev–Trinajstić information content (AvgIpc) is 2.64. The third-order valence-corrected chi connectivity index (χ3v) is 3.91. The van der Waals surface area contributed by atoms with E-state index in [0.717, 1.165) is 33.5 Å². The van der Waals surface area contributed by atoms with E-state index in [2.05, 4.69) is 5.32 Å². The van der Waals surface area contributed by atoms with Crippen molar-refractivity contribution in [3.8, 4) is 11.3 Å². The largest absolute Gasteiger partial charge is 0.355 e. The monoisotopic (exact) mass is 314 g/mol. The van der Waals surface area contributed by atoms with Crippen molar-refractivity contribution in [3.05, 3.63) is 90.7 Å². The fraction of sp³-hybridized carbons (Fsp3) is 0. The Bertz CT molecular complexity index is 980. The summed E-state index contributed by atoms with van der Waals surface area (Å²) < 4.78 is 13.1. The molecule has 0 unspecified atom stereocenters. The van der Waals surface area contributed by atoms with E-state index in [1.807, 2.05) is 60.7 Å². The topological polar surface area (TPSA) is 24.9 Å². The highest BCUT2D eigenvalue weighted by Crippen LogP contribution is 2.30. The Morgan fingerprint density at radius 1 is 0.750 bits per heavy atom. The van der Waals surface area contributed by atoms with E-state index >= 15 is 0 Å². The Morgan fingerprint density at radius 2 is 1.46 bits per heavy atom. The molecule has 0 saturated heterocycles. The second-order valence-electron chi connectivity index (χ2n) is 5.57. The first-order chi connectivity index (χ1) is 11.8. The summed E-state index contributed by atoms with van der Waals surface area (Å²) in [6.45, 7) is 0. The van der Waals surface area contributed by atoms with Crippen LogP contribution in [0.3, 0.4) is 0 Å². The van der Waals surface area contributed by atoms with Crippen LogP contribution in [0, 0.1) is 5.82 Å². The van der Waals surface area contributed by atoms with E-state index < -0.39 is 0 Å². The molecule has 0 radical (unpaired) electrons. The van der Waals surface area contributed by atoms with E-state index in [1.165, 1.54) is 12.1 Å². The second kappa shape index (κ2) is 6.13.